The zero-order chi connectivity index (χ0) is 17.5. The highest BCUT2D eigenvalue weighted by Gasteiger charge is 2.08. The van der Waals surface area contributed by atoms with Crippen molar-refractivity contribution in [1.82, 2.24) is 10.6 Å². The maximum absolute atomic E-state index is 11.9. The minimum Gasteiger partial charge on any atom is -0.338 e. The summed E-state index contributed by atoms with van der Waals surface area (Å²) in [6, 6.07) is 15.6. The van der Waals surface area contributed by atoms with Crippen LogP contribution in [0, 0.1) is 6.92 Å². The van der Waals surface area contributed by atoms with Crippen LogP contribution in [0.25, 0.3) is 0 Å². The van der Waals surface area contributed by atoms with Gasteiger partial charge in [0.25, 0.3) is 0 Å². The highest BCUT2D eigenvalue weighted by molar-refractivity contribution is 7.84. The standard InChI is InChI=1S/C19H24N2O2S/c1-14-5-4-6-17(11-14)15(2)12-20-19(22)21-13-16-7-9-18(10-8-16)24(3)23/h4-11,15H,12-13H2,1-3H3,(H2,20,21,22)/t15-,24+/m0/s1. The van der Waals surface area contributed by atoms with Gasteiger partial charge in [-0.2, -0.15) is 0 Å². The molecule has 2 aromatic rings. The maximum atomic E-state index is 11.9. The largest absolute Gasteiger partial charge is 0.338 e. The molecule has 0 saturated carbocycles. The van der Waals surface area contributed by atoms with Gasteiger partial charge in [-0.3, -0.25) is 4.21 Å². The van der Waals surface area contributed by atoms with Crippen molar-refractivity contribution in [3.8, 4) is 0 Å². The molecule has 2 atom stereocenters. The third-order valence-corrected chi connectivity index (χ3v) is 4.82. The molecular formula is C19H24N2O2S. The minimum absolute atomic E-state index is 0.183. The van der Waals surface area contributed by atoms with Gasteiger partial charge in [0.1, 0.15) is 0 Å². The van der Waals surface area contributed by atoms with Gasteiger partial charge in [-0.25, -0.2) is 4.79 Å². The topological polar surface area (TPSA) is 58.2 Å². The summed E-state index contributed by atoms with van der Waals surface area (Å²) >= 11 is 0. The molecule has 0 unspecified atom stereocenters. The number of nitrogens with one attached hydrogen (secondary N) is 2. The fourth-order valence-corrected chi connectivity index (χ4v) is 2.90. The summed E-state index contributed by atoms with van der Waals surface area (Å²) in [7, 11) is -0.978. The molecule has 2 aromatic carbocycles. The van der Waals surface area contributed by atoms with Gasteiger partial charge in [0.2, 0.25) is 0 Å². The highest BCUT2D eigenvalue weighted by atomic mass is 32.2. The molecule has 0 radical (unpaired) electrons. The molecule has 0 saturated heterocycles. The summed E-state index contributed by atoms with van der Waals surface area (Å²) < 4.78 is 11.3. The van der Waals surface area contributed by atoms with Crippen LogP contribution in [-0.2, 0) is 17.3 Å². The van der Waals surface area contributed by atoms with Gasteiger partial charge in [0.05, 0.1) is 0 Å². The molecule has 2 rings (SSSR count). The van der Waals surface area contributed by atoms with Crippen molar-refractivity contribution in [2.24, 2.45) is 0 Å². The summed E-state index contributed by atoms with van der Waals surface area (Å²) in [6.07, 6.45) is 1.65. The Balaban J connectivity index is 1.78. The predicted molar refractivity (Wildman–Crippen MR) is 98.6 cm³/mol. The normalized spacial score (nSPS) is 13.1. The predicted octanol–water partition coefficient (Wildman–Crippen LogP) is 3.34. The van der Waals surface area contributed by atoms with E-state index in [1.807, 2.05) is 30.3 Å². The summed E-state index contributed by atoms with van der Waals surface area (Å²) in [4.78, 5) is 12.7. The van der Waals surface area contributed by atoms with Crippen molar-refractivity contribution in [1.29, 1.82) is 0 Å². The summed E-state index contributed by atoms with van der Waals surface area (Å²) in [5, 5.41) is 5.74. The highest BCUT2D eigenvalue weighted by Crippen LogP contribution is 2.15. The van der Waals surface area contributed by atoms with Crippen LogP contribution in [0.3, 0.4) is 0 Å². The van der Waals surface area contributed by atoms with E-state index in [1.54, 1.807) is 6.26 Å². The van der Waals surface area contributed by atoms with E-state index < -0.39 is 10.8 Å². The molecule has 0 fully saturated rings. The lowest BCUT2D eigenvalue weighted by atomic mass is 9.99. The van der Waals surface area contributed by atoms with E-state index in [9.17, 15) is 9.00 Å². The fraction of sp³-hybridized carbons (Fsp3) is 0.316. The zero-order valence-electron chi connectivity index (χ0n) is 14.3. The Bertz CT molecular complexity index is 714. The first kappa shape index (κ1) is 18.2. The number of carbonyl (C=O) groups is 1. The van der Waals surface area contributed by atoms with E-state index in [4.69, 9.17) is 0 Å². The molecule has 0 aliphatic rings. The van der Waals surface area contributed by atoms with Gasteiger partial charge in [-0.15, -0.1) is 0 Å². The molecule has 128 valence electrons. The maximum Gasteiger partial charge on any atom is 0.315 e. The number of rotatable bonds is 6. The Morgan fingerprint density at radius 3 is 2.46 bits per heavy atom. The van der Waals surface area contributed by atoms with E-state index in [0.29, 0.717) is 13.1 Å². The van der Waals surface area contributed by atoms with Crippen molar-refractivity contribution in [3.05, 3.63) is 65.2 Å². The Labute approximate surface area is 146 Å². The molecular weight excluding hydrogens is 320 g/mol. The van der Waals surface area contributed by atoms with Gasteiger partial charge in [0, 0.05) is 35.0 Å². The van der Waals surface area contributed by atoms with Gasteiger partial charge in [0.15, 0.2) is 0 Å². The summed E-state index contributed by atoms with van der Waals surface area (Å²) in [5.74, 6) is 0.259. The van der Waals surface area contributed by atoms with E-state index >= 15 is 0 Å². The zero-order valence-corrected chi connectivity index (χ0v) is 15.2. The molecule has 0 aliphatic carbocycles. The van der Waals surface area contributed by atoms with E-state index in [2.05, 4.69) is 42.7 Å². The SMILES string of the molecule is Cc1cccc([C@@H](C)CNC(=O)NCc2ccc([S@@](C)=O)cc2)c1. The number of benzene rings is 2. The first-order valence-corrected chi connectivity index (χ1v) is 9.52. The van der Waals surface area contributed by atoms with Gasteiger partial charge in [-0.05, 0) is 36.1 Å². The molecule has 2 N–H and O–H groups in total. The number of urea groups is 1. The van der Waals surface area contributed by atoms with Crippen LogP contribution < -0.4 is 10.6 Å². The van der Waals surface area contributed by atoms with E-state index in [-0.39, 0.29) is 11.9 Å². The fourth-order valence-electron chi connectivity index (χ4n) is 2.38. The van der Waals surface area contributed by atoms with Crippen molar-refractivity contribution < 1.29 is 9.00 Å². The number of hydrogen-bond donors (Lipinski definition) is 2. The van der Waals surface area contributed by atoms with Crippen LogP contribution >= 0.6 is 0 Å². The van der Waals surface area contributed by atoms with Crippen LogP contribution in [0.2, 0.25) is 0 Å². The van der Waals surface area contributed by atoms with Crippen molar-refractivity contribution in [3.63, 3.8) is 0 Å². The molecule has 0 heterocycles. The molecule has 24 heavy (non-hydrogen) atoms. The Hall–Kier alpha value is -2.14. The molecule has 0 aliphatic heterocycles. The van der Waals surface area contributed by atoms with Crippen LogP contribution in [0.1, 0.15) is 29.5 Å². The first-order chi connectivity index (χ1) is 11.5. The number of aryl methyl sites for hydroxylation is 1. The smallest absolute Gasteiger partial charge is 0.315 e. The first-order valence-electron chi connectivity index (χ1n) is 7.96. The van der Waals surface area contributed by atoms with Crippen molar-refractivity contribution in [2.75, 3.05) is 12.8 Å². The lowest BCUT2D eigenvalue weighted by molar-refractivity contribution is 0.240. The van der Waals surface area contributed by atoms with Crippen LogP contribution in [0.4, 0.5) is 4.79 Å². The second-order valence-electron chi connectivity index (χ2n) is 5.98. The lowest BCUT2D eigenvalue weighted by Gasteiger charge is -2.14. The monoisotopic (exact) mass is 344 g/mol. The number of carbonyl (C=O) groups excluding carboxylic acids is 1. The molecule has 5 heteroatoms. The van der Waals surface area contributed by atoms with Crippen molar-refractivity contribution in [2.45, 2.75) is 31.2 Å². The molecule has 0 spiro atoms. The molecule has 0 bridgehead atoms. The third kappa shape index (κ3) is 5.49. The Morgan fingerprint density at radius 2 is 1.83 bits per heavy atom. The Kier molecular flexibility index (Phi) is 6.55. The van der Waals surface area contributed by atoms with Crippen molar-refractivity contribution >= 4 is 16.8 Å². The Morgan fingerprint density at radius 1 is 1.12 bits per heavy atom. The van der Waals surface area contributed by atoms with Gasteiger partial charge in [-0.1, -0.05) is 48.9 Å². The van der Waals surface area contributed by atoms with Crippen LogP contribution in [-0.4, -0.2) is 23.0 Å². The molecule has 0 aromatic heterocycles. The van der Waals surface area contributed by atoms with Crippen LogP contribution in [0.5, 0.6) is 0 Å². The number of amides is 2. The lowest BCUT2D eigenvalue weighted by Crippen LogP contribution is -2.37. The average molecular weight is 344 g/mol. The molecule has 2 amide bonds. The second kappa shape index (κ2) is 8.64. The van der Waals surface area contributed by atoms with Crippen LogP contribution in [0.15, 0.2) is 53.4 Å². The molecule has 4 nitrogen and oxygen atoms in total. The summed E-state index contributed by atoms with van der Waals surface area (Å²) in [6.45, 7) is 5.19. The van der Waals surface area contributed by atoms with Gasteiger partial charge < -0.3 is 10.6 Å². The summed E-state index contributed by atoms with van der Waals surface area (Å²) in [5.41, 5.74) is 3.42. The third-order valence-electron chi connectivity index (χ3n) is 3.89. The van der Waals surface area contributed by atoms with E-state index in [0.717, 1.165) is 10.5 Å². The van der Waals surface area contributed by atoms with E-state index in [1.165, 1.54) is 11.1 Å². The average Bonchev–Trinajstić information content (AvgIpc) is 2.58. The minimum atomic E-state index is -0.978. The van der Waals surface area contributed by atoms with Gasteiger partial charge >= 0.3 is 6.03 Å². The quantitative estimate of drug-likeness (QED) is 0.844. The second-order valence-corrected chi connectivity index (χ2v) is 7.36. The number of hydrogen-bond acceptors (Lipinski definition) is 2.